The number of nitrogens with zero attached hydrogens (tertiary/aromatic N) is 5. The number of anilines is 1. The number of carbonyl (C=O) groups is 1. The number of fused-ring (bicyclic) bond motifs is 2. The van der Waals surface area contributed by atoms with E-state index in [0.29, 0.717) is 29.9 Å². The summed E-state index contributed by atoms with van der Waals surface area (Å²) < 4.78 is 14.5. The molecule has 1 amide bonds. The number of H-pyrrole nitrogens is 1. The Morgan fingerprint density at radius 2 is 1.90 bits per heavy atom. The Kier molecular flexibility index (Phi) is 5.75. The third-order valence-electron chi connectivity index (χ3n) is 5.39. The molecule has 4 rings (SSSR count). The average molecular weight is 421 g/mol. The predicted octanol–water partition coefficient (Wildman–Crippen LogP) is 3.64. The molecular formula is C22H24FN7O. The van der Waals surface area contributed by atoms with E-state index in [9.17, 15) is 9.18 Å². The minimum Gasteiger partial charge on any atom is -0.366 e. The Balaban J connectivity index is 1.47. The number of benzene rings is 1. The molecule has 3 heterocycles. The fourth-order valence-electron chi connectivity index (χ4n) is 3.52. The number of hydrogen-bond donors (Lipinski definition) is 2. The van der Waals surface area contributed by atoms with Crippen LogP contribution in [0.25, 0.3) is 22.1 Å². The molecule has 0 saturated heterocycles. The number of rotatable bonds is 7. The maximum Gasteiger partial charge on any atom is 0.256 e. The summed E-state index contributed by atoms with van der Waals surface area (Å²) in [5.41, 5.74) is 1.67. The van der Waals surface area contributed by atoms with Crippen LogP contribution in [0.2, 0.25) is 0 Å². The third kappa shape index (κ3) is 4.30. The van der Waals surface area contributed by atoms with Crippen molar-refractivity contribution in [3.63, 3.8) is 0 Å². The normalized spacial score (nSPS) is 12.4. The van der Waals surface area contributed by atoms with E-state index in [1.807, 2.05) is 12.3 Å². The molecule has 3 aromatic heterocycles. The predicted molar refractivity (Wildman–Crippen MR) is 117 cm³/mol. The van der Waals surface area contributed by atoms with Gasteiger partial charge in [-0.3, -0.25) is 14.8 Å². The van der Waals surface area contributed by atoms with E-state index in [-0.39, 0.29) is 17.5 Å². The Morgan fingerprint density at radius 3 is 2.65 bits per heavy atom. The van der Waals surface area contributed by atoms with Gasteiger partial charge < -0.3 is 15.2 Å². The first-order valence-electron chi connectivity index (χ1n) is 10.1. The van der Waals surface area contributed by atoms with Gasteiger partial charge in [-0.25, -0.2) is 14.4 Å². The molecule has 0 saturated carbocycles. The molecule has 0 unspecified atom stereocenters. The number of amides is 1. The van der Waals surface area contributed by atoms with Gasteiger partial charge in [0.2, 0.25) is 0 Å². The van der Waals surface area contributed by atoms with E-state index >= 15 is 0 Å². The molecule has 1 atom stereocenters. The standard InChI is InChI=1S/C22H24FN7O/c1-13(2)17(29-21-14-4-6-26-20(14)27-12-28-21)5-9-30(3)22(31)15-10-18-19(11-16(15)23)25-8-7-24-18/h4,6-8,10-13,17H,5,9H2,1-3H3,(H2,26,27,28,29)/t17-/m1/s1. The maximum absolute atomic E-state index is 14.5. The summed E-state index contributed by atoms with van der Waals surface area (Å²) >= 11 is 0. The summed E-state index contributed by atoms with van der Waals surface area (Å²) in [6.45, 7) is 4.67. The minimum absolute atomic E-state index is 0.00520. The van der Waals surface area contributed by atoms with Crippen molar-refractivity contribution in [2.24, 2.45) is 5.92 Å². The van der Waals surface area contributed by atoms with Crippen molar-refractivity contribution in [1.82, 2.24) is 29.8 Å². The molecule has 0 aliphatic heterocycles. The van der Waals surface area contributed by atoms with E-state index in [1.54, 1.807) is 7.05 Å². The van der Waals surface area contributed by atoms with Gasteiger partial charge in [0.15, 0.2) is 0 Å². The van der Waals surface area contributed by atoms with Crippen molar-refractivity contribution in [2.45, 2.75) is 26.3 Å². The minimum atomic E-state index is -0.598. The highest BCUT2D eigenvalue weighted by atomic mass is 19.1. The van der Waals surface area contributed by atoms with Gasteiger partial charge in [-0.05, 0) is 24.5 Å². The number of hydrogen-bond acceptors (Lipinski definition) is 6. The van der Waals surface area contributed by atoms with E-state index in [4.69, 9.17) is 0 Å². The van der Waals surface area contributed by atoms with Gasteiger partial charge in [0.05, 0.1) is 22.0 Å². The Labute approximate surface area is 178 Å². The molecule has 0 aliphatic rings. The second kappa shape index (κ2) is 8.63. The Morgan fingerprint density at radius 1 is 1.16 bits per heavy atom. The van der Waals surface area contributed by atoms with Crippen molar-refractivity contribution in [3.8, 4) is 0 Å². The van der Waals surface area contributed by atoms with Gasteiger partial charge in [-0.15, -0.1) is 0 Å². The molecule has 4 aromatic rings. The maximum atomic E-state index is 14.5. The second-order valence-corrected chi connectivity index (χ2v) is 7.85. The van der Waals surface area contributed by atoms with E-state index < -0.39 is 5.82 Å². The number of halogens is 1. The summed E-state index contributed by atoms with van der Waals surface area (Å²) in [6.07, 6.45) is 7.02. The van der Waals surface area contributed by atoms with Crippen molar-refractivity contribution in [2.75, 3.05) is 18.9 Å². The molecule has 31 heavy (non-hydrogen) atoms. The Hall–Kier alpha value is -3.62. The molecule has 160 valence electrons. The number of carbonyl (C=O) groups excluding carboxylic acids is 1. The number of aromatic amines is 1. The monoisotopic (exact) mass is 421 g/mol. The fraction of sp³-hybridized carbons (Fsp3) is 0.318. The summed E-state index contributed by atoms with van der Waals surface area (Å²) in [4.78, 5) is 34.3. The smallest absolute Gasteiger partial charge is 0.256 e. The van der Waals surface area contributed by atoms with Crippen LogP contribution in [0, 0.1) is 11.7 Å². The molecule has 1 aromatic carbocycles. The third-order valence-corrected chi connectivity index (χ3v) is 5.39. The lowest BCUT2D eigenvalue weighted by molar-refractivity contribution is 0.0785. The molecule has 0 radical (unpaired) electrons. The van der Waals surface area contributed by atoms with Gasteiger partial charge in [-0.2, -0.15) is 0 Å². The van der Waals surface area contributed by atoms with Crippen molar-refractivity contribution >= 4 is 33.8 Å². The van der Waals surface area contributed by atoms with E-state index in [0.717, 1.165) is 16.9 Å². The van der Waals surface area contributed by atoms with Crippen molar-refractivity contribution in [1.29, 1.82) is 0 Å². The summed E-state index contributed by atoms with van der Waals surface area (Å²) in [5.74, 6) is 0.0556. The lowest BCUT2D eigenvalue weighted by Crippen LogP contribution is -2.34. The van der Waals surface area contributed by atoms with Crippen molar-refractivity contribution in [3.05, 3.63) is 54.5 Å². The van der Waals surface area contributed by atoms with Gasteiger partial charge in [0.25, 0.3) is 5.91 Å². The quantitative estimate of drug-likeness (QED) is 0.473. The van der Waals surface area contributed by atoms with Gasteiger partial charge in [0.1, 0.15) is 23.6 Å². The number of aromatic nitrogens is 5. The summed E-state index contributed by atoms with van der Waals surface area (Å²) in [7, 11) is 1.68. The molecule has 8 nitrogen and oxygen atoms in total. The lowest BCUT2D eigenvalue weighted by Gasteiger charge is -2.26. The highest BCUT2D eigenvalue weighted by molar-refractivity contribution is 5.97. The molecular weight excluding hydrogens is 397 g/mol. The van der Waals surface area contributed by atoms with Crippen LogP contribution in [0.4, 0.5) is 10.2 Å². The molecule has 2 N–H and O–H groups in total. The second-order valence-electron chi connectivity index (χ2n) is 7.85. The largest absolute Gasteiger partial charge is 0.366 e. The van der Waals surface area contributed by atoms with Gasteiger partial charge in [-0.1, -0.05) is 13.8 Å². The van der Waals surface area contributed by atoms with Crippen molar-refractivity contribution < 1.29 is 9.18 Å². The average Bonchev–Trinajstić information content (AvgIpc) is 3.25. The first kappa shape index (κ1) is 20.6. The van der Waals surface area contributed by atoms with Crippen LogP contribution in [0.1, 0.15) is 30.6 Å². The van der Waals surface area contributed by atoms with Crippen LogP contribution in [0.15, 0.2) is 43.1 Å². The van der Waals surface area contributed by atoms with Crippen LogP contribution >= 0.6 is 0 Å². The fourth-order valence-corrected chi connectivity index (χ4v) is 3.52. The van der Waals surface area contributed by atoms with E-state index in [2.05, 4.69) is 44.1 Å². The van der Waals surface area contributed by atoms with E-state index in [1.165, 1.54) is 35.8 Å². The summed E-state index contributed by atoms with van der Waals surface area (Å²) in [5, 5.41) is 4.39. The van der Waals surface area contributed by atoms with Crippen LogP contribution in [-0.2, 0) is 0 Å². The molecule has 9 heteroatoms. The van der Waals surface area contributed by atoms with Crippen LogP contribution in [0.3, 0.4) is 0 Å². The van der Waals surface area contributed by atoms with Gasteiger partial charge >= 0.3 is 0 Å². The highest BCUT2D eigenvalue weighted by Crippen LogP contribution is 2.22. The Bertz CT molecular complexity index is 1220. The zero-order valence-corrected chi connectivity index (χ0v) is 17.6. The van der Waals surface area contributed by atoms with Crippen LogP contribution < -0.4 is 5.32 Å². The van der Waals surface area contributed by atoms with Gasteiger partial charge in [0, 0.05) is 44.3 Å². The van der Waals surface area contributed by atoms with Crippen LogP contribution in [-0.4, -0.2) is 55.4 Å². The first-order chi connectivity index (χ1) is 14.9. The first-order valence-corrected chi connectivity index (χ1v) is 10.1. The zero-order chi connectivity index (χ0) is 22.0. The molecule has 0 bridgehead atoms. The molecule has 0 aliphatic carbocycles. The SMILES string of the molecule is CC(C)[C@@H](CCN(C)C(=O)c1cc2nccnc2cc1F)Nc1ncnc2[nH]ccc12. The highest BCUT2D eigenvalue weighted by Gasteiger charge is 2.21. The lowest BCUT2D eigenvalue weighted by atomic mass is 10.0. The number of nitrogens with one attached hydrogen (secondary N) is 2. The zero-order valence-electron chi connectivity index (χ0n) is 17.6. The van der Waals surface area contributed by atoms with Crippen LogP contribution in [0.5, 0.6) is 0 Å². The topological polar surface area (TPSA) is 99.7 Å². The summed E-state index contributed by atoms with van der Waals surface area (Å²) in [6, 6.07) is 4.70. The molecule has 0 spiro atoms. The molecule has 0 fully saturated rings.